The minimum absolute atomic E-state index is 0.405. The van der Waals surface area contributed by atoms with Crippen molar-refractivity contribution >= 4 is 28.4 Å². The second kappa shape index (κ2) is 8.68. The standard InChI is InChI=1S/C14H24IN3O/c1-5-8-16-14-12(15)13(10(3)4)17-11(18-14)7-9-19-6-2/h10H,5-9H2,1-4H3,(H,16,17,18). The molecule has 0 saturated heterocycles. The van der Waals surface area contributed by atoms with Crippen molar-refractivity contribution in [1.29, 1.82) is 0 Å². The van der Waals surface area contributed by atoms with Gasteiger partial charge in [0.05, 0.1) is 15.9 Å². The second-order valence-corrected chi connectivity index (χ2v) is 5.79. The van der Waals surface area contributed by atoms with Crippen LogP contribution in [0.1, 0.15) is 51.6 Å². The predicted molar refractivity (Wildman–Crippen MR) is 87.8 cm³/mol. The summed E-state index contributed by atoms with van der Waals surface area (Å²) < 4.78 is 6.53. The number of nitrogens with one attached hydrogen (secondary N) is 1. The van der Waals surface area contributed by atoms with Gasteiger partial charge in [0.1, 0.15) is 11.6 Å². The van der Waals surface area contributed by atoms with E-state index in [4.69, 9.17) is 4.74 Å². The molecule has 0 aliphatic carbocycles. The molecule has 0 radical (unpaired) electrons. The molecule has 5 heteroatoms. The van der Waals surface area contributed by atoms with Gasteiger partial charge in [0.25, 0.3) is 0 Å². The van der Waals surface area contributed by atoms with Crippen LogP contribution in [0.15, 0.2) is 0 Å². The van der Waals surface area contributed by atoms with E-state index in [9.17, 15) is 0 Å². The first-order chi connectivity index (χ1) is 9.10. The molecule has 1 aromatic heterocycles. The van der Waals surface area contributed by atoms with Crippen molar-refractivity contribution in [3.05, 3.63) is 15.1 Å². The van der Waals surface area contributed by atoms with Crippen molar-refractivity contribution in [3.63, 3.8) is 0 Å². The van der Waals surface area contributed by atoms with Crippen molar-refractivity contribution in [2.24, 2.45) is 0 Å². The predicted octanol–water partition coefficient (Wildman–Crippen LogP) is 3.61. The Hall–Kier alpha value is -0.430. The Kier molecular flexibility index (Phi) is 7.60. The lowest BCUT2D eigenvalue weighted by Crippen LogP contribution is -2.13. The van der Waals surface area contributed by atoms with E-state index in [0.717, 1.165) is 46.9 Å². The van der Waals surface area contributed by atoms with Gasteiger partial charge in [-0.3, -0.25) is 0 Å². The van der Waals surface area contributed by atoms with Gasteiger partial charge in [-0.2, -0.15) is 0 Å². The van der Waals surface area contributed by atoms with Crippen LogP contribution in [0.2, 0.25) is 0 Å². The highest BCUT2D eigenvalue weighted by Gasteiger charge is 2.14. The van der Waals surface area contributed by atoms with Gasteiger partial charge in [-0.05, 0) is 41.9 Å². The lowest BCUT2D eigenvalue weighted by molar-refractivity contribution is 0.149. The molecule has 0 aliphatic heterocycles. The molecule has 1 rings (SSSR count). The molecule has 19 heavy (non-hydrogen) atoms. The Morgan fingerprint density at radius 3 is 2.58 bits per heavy atom. The van der Waals surface area contributed by atoms with Gasteiger partial charge in [-0.25, -0.2) is 9.97 Å². The Morgan fingerprint density at radius 1 is 1.26 bits per heavy atom. The Morgan fingerprint density at radius 2 is 2.00 bits per heavy atom. The zero-order valence-electron chi connectivity index (χ0n) is 12.3. The minimum Gasteiger partial charge on any atom is -0.381 e. The first kappa shape index (κ1) is 16.6. The van der Waals surface area contributed by atoms with Crippen LogP contribution in [0.3, 0.4) is 0 Å². The van der Waals surface area contributed by atoms with Crippen molar-refractivity contribution in [3.8, 4) is 0 Å². The monoisotopic (exact) mass is 377 g/mol. The number of hydrogen-bond acceptors (Lipinski definition) is 4. The van der Waals surface area contributed by atoms with Crippen LogP contribution in [0.25, 0.3) is 0 Å². The van der Waals surface area contributed by atoms with Crippen molar-refractivity contribution in [2.45, 2.75) is 46.5 Å². The second-order valence-electron chi connectivity index (χ2n) is 4.72. The molecule has 4 nitrogen and oxygen atoms in total. The highest BCUT2D eigenvalue weighted by molar-refractivity contribution is 14.1. The van der Waals surface area contributed by atoms with Gasteiger partial charge in [-0.15, -0.1) is 0 Å². The topological polar surface area (TPSA) is 47.0 Å². The van der Waals surface area contributed by atoms with E-state index in [2.05, 4.69) is 58.6 Å². The summed E-state index contributed by atoms with van der Waals surface area (Å²) in [5.41, 5.74) is 1.13. The molecule has 0 spiro atoms. The largest absolute Gasteiger partial charge is 0.381 e. The van der Waals surface area contributed by atoms with E-state index >= 15 is 0 Å². The number of nitrogens with zero attached hydrogens (tertiary/aromatic N) is 2. The van der Waals surface area contributed by atoms with E-state index in [-0.39, 0.29) is 0 Å². The summed E-state index contributed by atoms with van der Waals surface area (Å²) >= 11 is 2.34. The summed E-state index contributed by atoms with van der Waals surface area (Å²) in [6.45, 7) is 10.9. The fourth-order valence-corrected chi connectivity index (χ4v) is 2.73. The molecular weight excluding hydrogens is 353 g/mol. The third kappa shape index (κ3) is 5.22. The highest BCUT2D eigenvalue weighted by Crippen LogP contribution is 2.25. The summed E-state index contributed by atoms with van der Waals surface area (Å²) in [4.78, 5) is 9.29. The van der Waals surface area contributed by atoms with Crippen molar-refractivity contribution < 1.29 is 4.74 Å². The van der Waals surface area contributed by atoms with Crippen LogP contribution >= 0.6 is 22.6 Å². The summed E-state index contributed by atoms with van der Waals surface area (Å²) in [6, 6.07) is 0. The molecule has 0 fully saturated rings. The van der Waals surface area contributed by atoms with Gasteiger partial charge >= 0.3 is 0 Å². The van der Waals surface area contributed by atoms with Gasteiger partial charge in [0.15, 0.2) is 0 Å². The summed E-state index contributed by atoms with van der Waals surface area (Å²) in [7, 11) is 0. The molecule has 1 N–H and O–H groups in total. The SMILES string of the molecule is CCCNc1nc(CCOCC)nc(C(C)C)c1I. The maximum Gasteiger partial charge on any atom is 0.143 e. The average molecular weight is 377 g/mol. The molecule has 108 valence electrons. The molecule has 0 unspecified atom stereocenters. The van der Waals surface area contributed by atoms with E-state index in [0.29, 0.717) is 12.5 Å². The first-order valence-electron chi connectivity index (χ1n) is 6.98. The zero-order valence-corrected chi connectivity index (χ0v) is 14.5. The number of anilines is 1. The summed E-state index contributed by atoms with van der Waals surface area (Å²) in [6.07, 6.45) is 1.86. The molecule has 0 atom stereocenters. The normalized spacial score (nSPS) is 11.1. The third-order valence-corrected chi connectivity index (χ3v) is 3.75. The maximum absolute atomic E-state index is 5.39. The average Bonchev–Trinajstić information content (AvgIpc) is 2.38. The molecule has 1 aromatic rings. The van der Waals surface area contributed by atoms with Crippen molar-refractivity contribution in [2.75, 3.05) is 25.1 Å². The minimum atomic E-state index is 0.405. The molecule has 0 bridgehead atoms. The molecule has 0 aliphatic rings. The highest BCUT2D eigenvalue weighted by atomic mass is 127. The number of rotatable bonds is 8. The van der Waals surface area contributed by atoms with Crippen LogP contribution in [0.4, 0.5) is 5.82 Å². The number of hydrogen-bond donors (Lipinski definition) is 1. The molecular formula is C14H24IN3O. The fraction of sp³-hybridized carbons (Fsp3) is 0.714. The van der Waals surface area contributed by atoms with E-state index < -0.39 is 0 Å². The maximum atomic E-state index is 5.39. The van der Waals surface area contributed by atoms with Crippen LogP contribution in [-0.4, -0.2) is 29.7 Å². The van der Waals surface area contributed by atoms with Gasteiger partial charge in [-0.1, -0.05) is 20.8 Å². The van der Waals surface area contributed by atoms with Gasteiger partial charge in [0, 0.05) is 19.6 Å². The fourth-order valence-electron chi connectivity index (χ4n) is 1.68. The Labute approximate surface area is 129 Å². The number of halogens is 1. The summed E-state index contributed by atoms with van der Waals surface area (Å²) in [5.74, 6) is 2.24. The van der Waals surface area contributed by atoms with E-state index in [1.54, 1.807) is 0 Å². The van der Waals surface area contributed by atoms with Gasteiger partial charge in [0.2, 0.25) is 0 Å². The number of ether oxygens (including phenoxy) is 1. The summed E-state index contributed by atoms with van der Waals surface area (Å²) in [5, 5.41) is 3.39. The molecule has 1 heterocycles. The van der Waals surface area contributed by atoms with Crippen LogP contribution in [0, 0.1) is 3.57 Å². The molecule has 0 amide bonds. The van der Waals surface area contributed by atoms with Crippen LogP contribution in [-0.2, 0) is 11.2 Å². The van der Waals surface area contributed by atoms with E-state index in [1.165, 1.54) is 0 Å². The quantitative estimate of drug-likeness (QED) is 0.556. The first-order valence-corrected chi connectivity index (χ1v) is 8.05. The third-order valence-electron chi connectivity index (χ3n) is 2.69. The lowest BCUT2D eigenvalue weighted by atomic mass is 10.1. The van der Waals surface area contributed by atoms with E-state index in [1.807, 2.05) is 6.92 Å². The van der Waals surface area contributed by atoms with Gasteiger partial charge < -0.3 is 10.1 Å². The van der Waals surface area contributed by atoms with Crippen molar-refractivity contribution in [1.82, 2.24) is 9.97 Å². The lowest BCUT2D eigenvalue weighted by Gasteiger charge is -2.14. The van der Waals surface area contributed by atoms with Crippen LogP contribution < -0.4 is 5.32 Å². The Bertz CT molecular complexity index is 397. The zero-order chi connectivity index (χ0) is 14.3. The Balaban J connectivity index is 2.94. The number of aromatic nitrogens is 2. The molecule has 0 saturated carbocycles. The molecule has 0 aromatic carbocycles. The van der Waals surface area contributed by atoms with Crippen LogP contribution in [0.5, 0.6) is 0 Å². The smallest absolute Gasteiger partial charge is 0.143 e.